The van der Waals surface area contributed by atoms with Gasteiger partial charge in [-0.25, -0.2) is 4.99 Å². The van der Waals surface area contributed by atoms with E-state index >= 15 is 0 Å². The summed E-state index contributed by atoms with van der Waals surface area (Å²) in [5, 5.41) is 36.7. The number of methoxy groups -OCH3 is 4. The van der Waals surface area contributed by atoms with Crippen molar-refractivity contribution in [3.05, 3.63) is 199 Å². The molecule has 1 amide bonds. The van der Waals surface area contributed by atoms with Crippen molar-refractivity contribution < 1.29 is 48.4 Å². The zero-order valence-electron chi connectivity index (χ0n) is 49.2. The van der Waals surface area contributed by atoms with E-state index in [0.717, 1.165) is 88.2 Å². The molecule has 7 aromatic heterocycles. The zero-order chi connectivity index (χ0) is 61.7. The number of ether oxygens (including phenoxy) is 4. The number of para-hydroxylation sites is 3. The van der Waals surface area contributed by atoms with Crippen LogP contribution in [-0.4, -0.2) is 131 Å². The molecule has 3 aromatic carbocycles. The lowest BCUT2D eigenvalue weighted by atomic mass is 9.79. The summed E-state index contributed by atoms with van der Waals surface area (Å²) in [4.78, 5) is 55.2. The molecule has 0 spiro atoms. The van der Waals surface area contributed by atoms with Gasteiger partial charge in [-0.15, -0.1) is 35.6 Å². The first-order valence-corrected chi connectivity index (χ1v) is 28.1. The Balaban J connectivity index is 0.000000374. The van der Waals surface area contributed by atoms with Crippen LogP contribution in [0.5, 0.6) is 17.2 Å². The molecular weight excluding hydrogens is 1260 g/mol. The minimum absolute atomic E-state index is 0. The Bertz CT molecular complexity index is 4080. The van der Waals surface area contributed by atoms with Crippen LogP contribution in [0.2, 0.25) is 6.82 Å². The van der Waals surface area contributed by atoms with E-state index in [0.29, 0.717) is 47.1 Å². The van der Waals surface area contributed by atoms with Crippen molar-refractivity contribution in [1.29, 1.82) is 0 Å². The Hall–Kier alpha value is -8.28. The Morgan fingerprint density at radius 1 is 0.685 bits per heavy atom. The van der Waals surface area contributed by atoms with Crippen molar-refractivity contribution in [2.45, 2.75) is 49.4 Å². The average molecular weight is 1340 g/mol. The van der Waals surface area contributed by atoms with Gasteiger partial charge in [-0.05, 0) is 122 Å². The summed E-state index contributed by atoms with van der Waals surface area (Å²) >= 11 is 12.7. The summed E-state index contributed by atoms with van der Waals surface area (Å²) in [7, 11) is 3.93. The second-order valence-electron chi connectivity index (χ2n) is 18.8. The average Bonchev–Trinajstić information content (AvgIpc) is 2.14. The first kappa shape index (κ1) is 76.8. The number of H-pyrrole nitrogens is 6. The van der Waals surface area contributed by atoms with Gasteiger partial charge in [0.05, 0.1) is 78.1 Å². The first-order chi connectivity index (χ1) is 40.9. The van der Waals surface area contributed by atoms with Crippen LogP contribution in [0.25, 0.3) is 51.0 Å². The van der Waals surface area contributed by atoms with Crippen LogP contribution in [0.3, 0.4) is 0 Å². The van der Waals surface area contributed by atoms with E-state index in [2.05, 4.69) is 102 Å². The summed E-state index contributed by atoms with van der Waals surface area (Å²) in [5.41, 5.74) is 11.7. The molecule has 9 heterocycles. The standard InChI is InChI=1S/C20H19N3O.C14H12N2O2.C9H11B2NO3.C6H6BrNO2.C6H9N.C5H7NO2.CH2Cl2.2CH4.B.ClH/c1-12-8-13(2)21-16(12)10-19-20(24-3)11-18(23-19)17-9-14-6-4-5-7-15(14)22-17;1-18-14-7-12(16-13(14)8-17)11-6-9-4-2-3-5-10(9)15-11;1-10(13)12-8-5-3-2-4-7(8)6-9(12)11(14)15;1-10-5-2-6(7)8-4(5)3-9;1-5-3-6(2)7-4-5;1-8-4-2-5(7)6-3-4;2-1-3;;;;/h4-11,21,23H,1-3H3;2-8,15-16H,1H3;2-6,13-15H,1H3;2-3,8H,1H3;3-4,7H,1-2H3;2H,3H2,1H3,(H,6,7);1H2;2*1H4;;1H/b18-17?,19-10+;;;;;;;;;;. The van der Waals surface area contributed by atoms with Crippen molar-refractivity contribution in [3.63, 3.8) is 0 Å². The van der Waals surface area contributed by atoms with Gasteiger partial charge in [0, 0.05) is 83.2 Å². The van der Waals surface area contributed by atoms with Gasteiger partial charge in [0.1, 0.15) is 34.4 Å². The van der Waals surface area contributed by atoms with E-state index in [1.807, 2.05) is 98.0 Å². The molecule has 0 atom stereocenters. The normalized spacial score (nSPS) is 11.8. The maximum Gasteiger partial charge on any atom is 0.504 e. The minimum Gasteiger partial charge on any atom is -0.499 e. The van der Waals surface area contributed by atoms with Crippen LogP contribution in [-0.2, 0) is 9.53 Å². The van der Waals surface area contributed by atoms with Crippen LogP contribution in [0, 0.1) is 27.7 Å². The Kier molecular flexibility index (Phi) is 32.4. The van der Waals surface area contributed by atoms with Gasteiger partial charge in [0.2, 0.25) is 5.91 Å². The topological polar surface area (TPSA) is 273 Å². The number of nitrogens with zero attached hydrogens (tertiary/aromatic N) is 2. The number of aldehydes is 2. The molecular formula is C63H75B3BrCl3N9O10. The smallest absolute Gasteiger partial charge is 0.499 e. The molecule has 0 aliphatic carbocycles. The molecule has 469 valence electrons. The fourth-order valence-electron chi connectivity index (χ4n) is 8.83. The molecule has 19 nitrogen and oxygen atoms in total. The summed E-state index contributed by atoms with van der Waals surface area (Å²) < 4.78 is 22.5. The molecule has 89 heavy (non-hydrogen) atoms. The van der Waals surface area contributed by atoms with Crippen molar-refractivity contribution in [3.8, 4) is 28.6 Å². The van der Waals surface area contributed by atoms with Gasteiger partial charge < -0.3 is 73.7 Å². The molecule has 12 rings (SSSR count). The molecule has 0 saturated heterocycles. The van der Waals surface area contributed by atoms with Crippen molar-refractivity contribution in [2.75, 3.05) is 40.3 Å². The van der Waals surface area contributed by atoms with Crippen LogP contribution >= 0.6 is 51.5 Å². The van der Waals surface area contributed by atoms with Crippen LogP contribution in [0.4, 0.5) is 0 Å². The first-order valence-electron chi connectivity index (χ1n) is 26.3. The molecule has 0 unspecified atom stereocenters. The third kappa shape index (κ3) is 21.2. The molecule has 26 heteroatoms. The fraction of sp³-hybridized carbons (Fsp3) is 0.206. The number of nitrogens with one attached hydrogen (secondary N) is 7. The number of amides is 1. The molecule has 2 aliphatic rings. The number of aryl methyl sites for hydroxylation is 4. The number of benzene rings is 3. The molecule has 10 N–H and O–H groups in total. The number of rotatable bonds is 10. The van der Waals surface area contributed by atoms with E-state index in [9.17, 15) is 29.5 Å². The molecule has 3 radical (unpaired) electrons. The highest BCUT2D eigenvalue weighted by atomic mass is 79.9. The number of hydrogen-bond donors (Lipinski definition) is 10. The highest BCUT2D eigenvalue weighted by molar-refractivity contribution is 9.10. The number of halogens is 4. The molecule has 2 aliphatic heterocycles. The SMILES string of the molecule is C.C.CB(O)n1c(B(O)O)cc2ccccc21.COC1=CC(=O)NC1.COc1cc(-c2cc3ccccc3[nH]2)[nH]c1C=O.COc1cc(=C2C=c3ccccc3=N2)[nH]/c1=C/c1[nH]c(C)cc1C.COc1cc(Br)[nH]c1C=O.Cc1c[nH]c(C)c1.Cl.ClCCl.[B]. The Morgan fingerprint density at radius 3 is 1.79 bits per heavy atom. The van der Waals surface area contributed by atoms with Crippen LogP contribution in [0.1, 0.15) is 64.0 Å². The summed E-state index contributed by atoms with van der Waals surface area (Å²) in [6.07, 6.45) is 9.08. The second-order valence-corrected chi connectivity index (χ2v) is 20.5. The number of carbonyl (C=O) groups excluding carboxylic acids is 3. The maximum atomic E-state index is 10.9. The quantitative estimate of drug-likeness (QED) is 0.0353. The van der Waals surface area contributed by atoms with Crippen LogP contribution in [0.15, 0.2) is 143 Å². The van der Waals surface area contributed by atoms with Gasteiger partial charge in [-0.1, -0.05) is 69.5 Å². The van der Waals surface area contributed by atoms with E-state index in [1.165, 1.54) is 34.5 Å². The second kappa shape index (κ2) is 37.5. The van der Waals surface area contributed by atoms with E-state index in [1.54, 1.807) is 40.3 Å². The van der Waals surface area contributed by atoms with E-state index in [-0.39, 0.29) is 46.9 Å². The lowest BCUT2D eigenvalue weighted by Crippen LogP contribution is -2.41. The minimum atomic E-state index is -1.58. The predicted octanol–water partition coefficient (Wildman–Crippen LogP) is 8.89. The summed E-state index contributed by atoms with van der Waals surface area (Å²) in [6, 6.07) is 37.0. The maximum absolute atomic E-state index is 10.9. The van der Waals surface area contributed by atoms with E-state index in [4.69, 9.17) is 47.1 Å². The number of alkyl halides is 2. The number of fused-ring (bicyclic) bond motifs is 3. The number of aromatic nitrogens is 7. The monoisotopic (exact) mass is 1330 g/mol. The van der Waals surface area contributed by atoms with Gasteiger partial charge in [0.25, 0.3) is 0 Å². The highest BCUT2D eigenvalue weighted by Crippen LogP contribution is 2.28. The van der Waals surface area contributed by atoms with Gasteiger partial charge in [-0.3, -0.25) is 14.4 Å². The number of hydrogen-bond acceptors (Lipinski definition) is 11. The summed E-state index contributed by atoms with van der Waals surface area (Å²) in [6.45, 7) is 10.4. The zero-order valence-corrected chi connectivity index (χ0v) is 53.1. The number of carbonyl (C=O) groups is 3. The predicted molar refractivity (Wildman–Crippen MR) is 368 cm³/mol. The van der Waals surface area contributed by atoms with Crippen molar-refractivity contribution >= 4 is 138 Å². The van der Waals surface area contributed by atoms with E-state index < -0.39 is 14.2 Å². The van der Waals surface area contributed by atoms with Gasteiger partial charge in [0.15, 0.2) is 12.6 Å². The largest absolute Gasteiger partial charge is 0.504 e. The molecule has 10 aromatic rings. The third-order valence-corrected chi connectivity index (χ3v) is 13.1. The van der Waals surface area contributed by atoms with Gasteiger partial charge in [-0.2, -0.15) is 0 Å². The third-order valence-electron chi connectivity index (χ3n) is 12.7. The highest BCUT2D eigenvalue weighted by Gasteiger charge is 2.23. The van der Waals surface area contributed by atoms with Crippen molar-refractivity contribution in [2.24, 2.45) is 4.99 Å². The van der Waals surface area contributed by atoms with Crippen molar-refractivity contribution in [1.82, 2.24) is 39.7 Å². The Morgan fingerprint density at radius 2 is 1.29 bits per heavy atom. The lowest BCUT2D eigenvalue weighted by Gasteiger charge is -2.09. The number of aromatic amines is 6. The Labute approximate surface area is 544 Å². The fourth-order valence-corrected chi connectivity index (χ4v) is 9.26. The van der Waals surface area contributed by atoms with Gasteiger partial charge >= 0.3 is 14.2 Å². The summed E-state index contributed by atoms with van der Waals surface area (Å²) in [5.74, 6) is 2.56. The van der Waals surface area contributed by atoms with Crippen LogP contribution < -0.4 is 46.4 Å². The molecule has 0 saturated carbocycles. The lowest BCUT2D eigenvalue weighted by molar-refractivity contribution is -0.115. The molecule has 0 bridgehead atoms. The molecule has 0 fully saturated rings.